The first-order valence-electron chi connectivity index (χ1n) is 2.55. The van der Waals surface area contributed by atoms with Crippen LogP contribution in [-0.2, 0) is 0 Å². The van der Waals surface area contributed by atoms with Gasteiger partial charge in [0, 0.05) is 12.3 Å². The molecule has 0 aromatic heterocycles. The summed E-state index contributed by atoms with van der Waals surface area (Å²) in [4.78, 5) is 3.94. The summed E-state index contributed by atoms with van der Waals surface area (Å²) < 4.78 is 0. The van der Waals surface area contributed by atoms with Gasteiger partial charge in [-0.05, 0) is 24.8 Å². The molecule has 0 aromatic rings. The summed E-state index contributed by atoms with van der Waals surface area (Å²) in [5.41, 5.74) is 2.94. The van der Waals surface area contributed by atoms with Gasteiger partial charge in [0.25, 0.3) is 0 Å². The Kier molecular flexibility index (Phi) is 2.55. The molecule has 0 spiro atoms. The Morgan fingerprint density at radius 2 is 2.43 bits per heavy atom. The molecule has 1 radical (unpaired) electrons. The molecule has 1 fully saturated rings. The fraction of sp³-hybridized carbons (Fsp3) is 1.00. The average molecular weight is 117 g/mol. The normalized spacial score (nSPS) is 24.0. The Hall–Kier alpha value is 0.270. The maximum Gasteiger partial charge on any atom is 0.0126 e. The van der Waals surface area contributed by atoms with E-state index in [0.29, 0.717) is 0 Å². The van der Waals surface area contributed by atoms with Gasteiger partial charge in [-0.1, -0.05) is 4.83 Å². The van der Waals surface area contributed by atoms with E-state index >= 15 is 0 Å². The summed E-state index contributed by atoms with van der Waals surface area (Å²) in [5, 5.41) is 0. The highest BCUT2D eigenvalue weighted by molar-refractivity contribution is 7.97. The van der Waals surface area contributed by atoms with Crippen molar-refractivity contribution < 1.29 is 0 Å². The molecule has 0 bridgehead atoms. The number of hydrogen-bond acceptors (Lipinski definition) is 2. The van der Waals surface area contributed by atoms with Crippen molar-refractivity contribution in [2.24, 2.45) is 0 Å². The van der Waals surface area contributed by atoms with Crippen LogP contribution in [0.4, 0.5) is 0 Å². The standard InChI is InChI=1S/C4H9N2S/c1-2-4-7-6-5-3-1/h5H,1-4H2. The lowest BCUT2D eigenvalue weighted by atomic mass is 10.3. The average Bonchev–Trinajstić information content (AvgIpc) is 1.90. The molecule has 1 N–H and O–H groups in total. The predicted molar refractivity (Wildman–Crippen MR) is 31.8 cm³/mol. The van der Waals surface area contributed by atoms with Gasteiger partial charge in [-0.25, -0.2) is 5.43 Å². The monoisotopic (exact) mass is 117 g/mol. The van der Waals surface area contributed by atoms with Crippen molar-refractivity contribution in [1.29, 1.82) is 0 Å². The fourth-order valence-electron chi connectivity index (χ4n) is 0.508. The Morgan fingerprint density at radius 3 is 3.43 bits per heavy atom. The molecule has 0 amide bonds. The molecule has 0 atom stereocenters. The minimum Gasteiger partial charge on any atom is -0.229 e. The molecule has 2 nitrogen and oxygen atoms in total. The molecule has 1 saturated heterocycles. The first kappa shape index (κ1) is 5.41. The first-order valence-corrected chi connectivity index (χ1v) is 3.49. The lowest BCUT2D eigenvalue weighted by Crippen LogP contribution is -2.17. The maximum absolute atomic E-state index is 3.94. The molecular formula is C4H9N2S. The van der Waals surface area contributed by atoms with Crippen molar-refractivity contribution in [3.8, 4) is 0 Å². The van der Waals surface area contributed by atoms with Crippen LogP contribution in [0.5, 0.6) is 0 Å². The predicted octanol–water partition coefficient (Wildman–Crippen LogP) is 0.537. The third-order valence-electron chi connectivity index (χ3n) is 0.903. The zero-order valence-electron chi connectivity index (χ0n) is 4.18. The first-order chi connectivity index (χ1) is 3.50. The molecule has 0 aromatic carbocycles. The fourth-order valence-corrected chi connectivity index (χ4v) is 1.11. The van der Waals surface area contributed by atoms with Crippen molar-refractivity contribution in [3.05, 3.63) is 0 Å². The van der Waals surface area contributed by atoms with Crippen LogP contribution in [0.3, 0.4) is 0 Å². The van der Waals surface area contributed by atoms with Crippen LogP contribution in [-0.4, -0.2) is 12.3 Å². The Labute approximate surface area is 48.2 Å². The van der Waals surface area contributed by atoms with E-state index < -0.39 is 0 Å². The van der Waals surface area contributed by atoms with E-state index in [0.717, 1.165) is 6.54 Å². The van der Waals surface area contributed by atoms with Gasteiger partial charge in [0.05, 0.1) is 0 Å². The SMILES string of the molecule is C1CCS[N]NC1. The van der Waals surface area contributed by atoms with Crippen LogP contribution in [0.2, 0.25) is 0 Å². The molecule has 0 unspecified atom stereocenters. The van der Waals surface area contributed by atoms with Crippen LogP contribution >= 0.6 is 11.9 Å². The topological polar surface area (TPSA) is 26.1 Å². The highest BCUT2D eigenvalue weighted by Gasteiger charge is 1.95. The third-order valence-corrected chi connectivity index (χ3v) is 1.63. The molecule has 1 aliphatic heterocycles. The third kappa shape index (κ3) is 2.16. The van der Waals surface area contributed by atoms with E-state index in [-0.39, 0.29) is 0 Å². The van der Waals surface area contributed by atoms with Gasteiger partial charge in [0.2, 0.25) is 0 Å². The lowest BCUT2D eigenvalue weighted by Gasteiger charge is -1.90. The van der Waals surface area contributed by atoms with Crippen LogP contribution in [0.1, 0.15) is 12.8 Å². The zero-order chi connectivity index (χ0) is 4.95. The second-order valence-corrected chi connectivity index (χ2v) is 2.39. The molecule has 3 heteroatoms. The summed E-state index contributed by atoms with van der Waals surface area (Å²) in [5.74, 6) is 1.19. The van der Waals surface area contributed by atoms with Crippen molar-refractivity contribution in [2.45, 2.75) is 12.8 Å². The van der Waals surface area contributed by atoms with Gasteiger partial charge in [0.15, 0.2) is 0 Å². The molecule has 1 rings (SSSR count). The van der Waals surface area contributed by atoms with Crippen LogP contribution in [0.25, 0.3) is 0 Å². The summed E-state index contributed by atoms with van der Waals surface area (Å²) in [6, 6.07) is 0. The number of nitrogens with one attached hydrogen (secondary N) is 1. The Balaban J connectivity index is 2.04. The van der Waals surface area contributed by atoms with Crippen LogP contribution in [0.15, 0.2) is 0 Å². The van der Waals surface area contributed by atoms with Gasteiger partial charge >= 0.3 is 0 Å². The lowest BCUT2D eigenvalue weighted by molar-refractivity contribution is 0.649. The number of rotatable bonds is 0. The smallest absolute Gasteiger partial charge is 0.0126 e. The Morgan fingerprint density at radius 1 is 1.43 bits per heavy atom. The molecule has 41 valence electrons. The Bertz CT molecular complexity index is 29.3. The molecule has 1 heterocycles. The largest absolute Gasteiger partial charge is 0.229 e. The van der Waals surface area contributed by atoms with Crippen molar-refractivity contribution in [1.82, 2.24) is 10.3 Å². The minimum atomic E-state index is 1.06. The maximum atomic E-state index is 3.94. The van der Waals surface area contributed by atoms with E-state index in [9.17, 15) is 0 Å². The van der Waals surface area contributed by atoms with Gasteiger partial charge < -0.3 is 0 Å². The molecular weight excluding hydrogens is 108 g/mol. The quantitative estimate of drug-likeness (QED) is 0.469. The number of nitrogens with zero attached hydrogens (tertiary/aromatic N) is 1. The second kappa shape index (κ2) is 3.29. The van der Waals surface area contributed by atoms with E-state index in [1.165, 1.54) is 18.6 Å². The van der Waals surface area contributed by atoms with Crippen molar-refractivity contribution >= 4 is 11.9 Å². The van der Waals surface area contributed by atoms with Gasteiger partial charge in [-0.15, -0.1) is 0 Å². The summed E-state index contributed by atoms with van der Waals surface area (Å²) >= 11 is 1.63. The molecule has 0 aliphatic carbocycles. The van der Waals surface area contributed by atoms with Gasteiger partial charge in [0.1, 0.15) is 0 Å². The van der Waals surface area contributed by atoms with E-state index in [4.69, 9.17) is 0 Å². The highest BCUT2D eigenvalue weighted by Crippen LogP contribution is 2.02. The van der Waals surface area contributed by atoms with Crippen LogP contribution in [0, 0.1) is 0 Å². The minimum absolute atomic E-state index is 1.06. The zero-order valence-corrected chi connectivity index (χ0v) is 5.00. The van der Waals surface area contributed by atoms with Gasteiger partial charge in [-0.2, -0.15) is 0 Å². The van der Waals surface area contributed by atoms with Gasteiger partial charge in [-0.3, -0.25) is 0 Å². The summed E-state index contributed by atoms with van der Waals surface area (Å²) in [6.45, 7) is 1.06. The summed E-state index contributed by atoms with van der Waals surface area (Å²) in [6.07, 6.45) is 2.58. The number of hydrogen-bond donors (Lipinski definition) is 1. The second-order valence-electron chi connectivity index (χ2n) is 1.54. The molecule has 7 heavy (non-hydrogen) atoms. The van der Waals surface area contributed by atoms with E-state index in [1.54, 1.807) is 11.9 Å². The van der Waals surface area contributed by atoms with E-state index in [2.05, 4.69) is 10.3 Å². The molecule has 1 aliphatic rings. The highest BCUT2D eigenvalue weighted by atomic mass is 32.2. The van der Waals surface area contributed by atoms with Crippen molar-refractivity contribution in [3.63, 3.8) is 0 Å². The molecule has 0 saturated carbocycles. The van der Waals surface area contributed by atoms with Crippen molar-refractivity contribution in [2.75, 3.05) is 12.3 Å². The van der Waals surface area contributed by atoms with Crippen LogP contribution < -0.4 is 10.3 Å². The summed E-state index contributed by atoms with van der Waals surface area (Å²) in [7, 11) is 0. The van der Waals surface area contributed by atoms with E-state index in [1.807, 2.05) is 0 Å².